The van der Waals surface area contributed by atoms with Crippen LogP contribution in [0.2, 0.25) is 0 Å². The molecule has 0 aromatic carbocycles. The molecule has 29 heavy (non-hydrogen) atoms. The first-order valence-electron chi connectivity index (χ1n) is 12.8. The maximum Gasteiger partial charge on any atom is 0.136 e. The zero-order valence-electron chi connectivity index (χ0n) is 19.7. The summed E-state index contributed by atoms with van der Waals surface area (Å²) in [5.41, 5.74) is 0.771. The molecule has 0 aromatic heterocycles. The van der Waals surface area contributed by atoms with Gasteiger partial charge in [-0.05, 0) is 91.3 Å². The Balaban J connectivity index is 1.51. The van der Waals surface area contributed by atoms with E-state index in [0.717, 1.165) is 37.0 Å². The Kier molecular flexibility index (Phi) is 6.22. The van der Waals surface area contributed by atoms with E-state index in [1.165, 1.54) is 51.4 Å². The molecule has 4 rings (SSSR count). The second kappa shape index (κ2) is 8.14. The number of carbonyl (C=O) groups is 1. The fraction of sp³-hybridized carbons (Fsp3) is 0.963. The Morgan fingerprint density at radius 1 is 0.966 bits per heavy atom. The molecule has 4 saturated carbocycles. The third-order valence-corrected chi connectivity index (χ3v) is 11.0. The molecule has 0 amide bonds. The lowest BCUT2D eigenvalue weighted by Crippen LogP contribution is -2.57. The molecule has 0 radical (unpaired) electrons. The zero-order chi connectivity index (χ0) is 21.0. The first kappa shape index (κ1) is 22.2. The molecule has 4 aliphatic carbocycles. The quantitative estimate of drug-likeness (QED) is 0.413. The zero-order valence-corrected chi connectivity index (χ0v) is 20.4. The van der Waals surface area contributed by atoms with Crippen LogP contribution in [0.3, 0.4) is 0 Å². The molecule has 0 bridgehead atoms. The normalized spacial score (nSPS) is 48.2. The second-order valence-electron chi connectivity index (χ2n) is 12.5. The molecule has 7 unspecified atom stereocenters. The summed E-state index contributed by atoms with van der Waals surface area (Å²) >= 11 is 6.54. The molecule has 0 spiro atoms. The van der Waals surface area contributed by atoms with Crippen LogP contribution in [0, 0.1) is 52.3 Å². The van der Waals surface area contributed by atoms with Crippen LogP contribution in [0.1, 0.15) is 105 Å². The van der Waals surface area contributed by atoms with Gasteiger partial charge in [-0.1, -0.05) is 53.9 Å². The van der Waals surface area contributed by atoms with Crippen LogP contribution in [0.5, 0.6) is 0 Å². The highest BCUT2D eigenvalue weighted by atomic mass is 35.5. The first-order valence-corrected chi connectivity index (χ1v) is 13.3. The fourth-order valence-electron chi connectivity index (χ4n) is 8.90. The lowest BCUT2D eigenvalue weighted by molar-refractivity contribution is -0.156. The summed E-state index contributed by atoms with van der Waals surface area (Å²) in [5, 5.41) is 0.300. The van der Waals surface area contributed by atoms with Gasteiger partial charge in [0, 0.05) is 17.7 Å². The van der Waals surface area contributed by atoms with Gasteiger partial charge < -0.3 is 0 Å². The number of ketones is 1. The van der Waals surface area contributed by atoms with E-state index >= 15 is 0 Å². The molecule has 166 valence electrons. The van der Waals surface area contributed by atoms with E-state index in [9.17, 15) is 4.79 Å². The molecule has 0 saturated heterocycles. The summed E-state index contributed by atoms with van der Waals surface area (Å²) in [6, 6.07) is 0. The number of hydrogen-bond donors (Lipinski definition) is 0. The smallest absolute Gasteiger partial charge is 0.136 e. The summed E-state index contributed by atoms with van der Waals surface area (Å²) in [5.74, 6) is 5.27. The van der Waals surface area contributed by atoms with Crippen LogP contribution < -0.4 is 0 Å². The van der Waals surface area contributed by atoms with Gasteiger partial charge >= 0.3 is 0 Å². The minimum Gasteiger partial charge on any atom is -0.299 e. The van der Waals surface area contributed by atoms with E-state index in [0.29, 0.717) is 45.7 Å². The predicted octanol–water partition coefficient (Wildman–Crippen LogP) is 7.89. The molecular formula is C27H45ClO. The number of hydrogen-bond acceptors (Lipinski definition) is 1. The van der Waals surface area contributed by atoms with Gasteiger partial charge in [0.2, 0.25) is 0 Å². The average molecular weight is 421 g/mol. The van der Waals surface area contributed by atoms with Crippen molar-refractivity contribution in [3.05, 3.63) is 0 Å². The minimum atomic E-state index is 0.300. The molecule has 0 aromatic rings. The van der Waals surface area contributed by atoms with Crippen molar-refractivity contribution in [2.24, 2.45) is 52.3 Å². The average Bonchev–Trinajstić information content (AvgIpc) is 3.00. The third kappa shape index (κ3) is 3.74. The lowest BCUT2D eigenvalue weighted by atomic mass is 9.44. The molecular weight excluding hydrogens is 376 g/mol. The third-order valence-electron chi connectivity index (χ3n) is 10.6. The molecule has 2 heteroatoms. The van der Waals surface area contributed by atoms with Crippen LogP contribution in [0.25, 0.3) is 0 Å². The highest BCUT2D eigenvalue weighted by Crippen LogP contribution is 2.67. The Bertz CT molecular complexity index is 614. The van der Waals surface area contributed by atoms with E-state index in [1.54, 1.807) is 0 Å². The topological polar surface area (TPSA) is 17.1 Å². The van der Waals surface area contributed by atoms with Crippen molar-refractivity contribution in [2.75, 3.05) is 0 Å². The maximum absolute atomic E-state index is 13.5. The van der Waals surface area contributed by atoms with E-state index in [1.807, 2.05) is 0 Å². The van der Waals surface area contributed by atoms with Crippen molar-refractivity contribution in [1.82, 2.24) is 0 Å². The van der Waals surface area contributed by atoms with Gasteiger partial charge in [0.05, 0.1) is 0 Å². The summed E-state index contributed by atoms with van der Waals surface area (Å²) in [7, 11) is 0. The van der Waals surface area contributed by atoms with Gasteiger partial charge in [-0.3, -0.25) is 4.79 Å². The Morgan fingerprint density at radius 3 is 2.38 bits per heavy atom. The van der Waals surface area contributed by atoms with Crippen molar-refractivity contribution in [3.8, 4) is 0 Å². The molecule has 4 aliphatic rings. The highest BCUT2D eigenvalue weighted by Gasteiger charge is 2.62. The number of fused-ring (bicyclic) bond motifs is 5. The SMILES string of the molecule is CC(C)CCC[C@@H](C)C1CCC2C3C(=O)C[C@H]4CC(Cl)CCC4(C)C3CCC21C. The van der Waals surface area contributed by atoms with Crippen molar-refractivity contribution in [3.63, 3.8) is 0 Å². The van der Waals surface area contributed by atoms with E-state index in [2.05, 4.69) is 34.6 Å². The minimum absolute atomic E-state index is 0.300. The highest BCUT2D eigenvalue weighted by molar-refractivity contribution is 6.20. The van der Waals surface area contributed by atoms with Crippen LogP contribution in [0.4, 0.5) is 0 Å². The Labute approximate surface area is 185 Å². The summed E-state index contributed by atoms with van der Waals surface area (Å²) in [6.45, 7) is 12.3. The van der Waals surface area contributed by atoms with Crippen molar-refractivity contribution >= 4 is 17.4 Å². The van der Waals surface area contributed by atoms with Crippen molar-refractivity contribution < 1.29 is 4.79 Å². The lowest BCUT2D eigenvalue weighted by Gasteiger charge is -2.60. The van der Waals surface area contributed by atoms with Gasteiger partial charge in [0.15, 0.2) is 0 Å². The van der Waals surface area contributed by atoms with Crippen LogP contribution in [-0.4, -0.2) is 11.2 Å². The molecule has 0 aliphatic heterocycles. The van der Waals surface area contributed by atoms with Gasteiger partial charge in [-0.25, -0.2) is 0 Å². The van der Waals surface area contributed by atoms with Crippen molar-refractivity contribution in [2.45, 2.75) is 111 Å². The molecule has 0 N–H and O–H groups in total. The number of Topliss-reactive ketones (excluding diaryl/α,β-unsaturated/α-hetero) is 1. The van der Waals surface area contributed by atoms with Crippen LogP contribution in [-0.2, 0) is 4.79 Å². The monoisotopic (exact) mass is 420 g/mol. The van der Waals surface area contributed by atoms with Crippen LogP contribution in [0.15, 0.2) is 0 Å². The summed E-state index contributed by atoms with van der Waals surface area (Å²) in [4.78, 5) is 13.5. The molecule has 9 atom stereocenters. The van der Waals surface area contributed by atoms with Crippen LogP contribution >= 0.6 is 11.6 Å². The van der Waals surface area contributed by atoms with Gasteiger partial charge in [0.1, 0.15) is 5.78 Å². The molecule has 4 fully saturated rings. The second-order valence-corrected chi connectivity index (χ2v) is 13.1. The fourth-order valence-corrected chi connectivity index (χ4v) is 9.23. The summed E-state index contributed by atoms with van der Waals surface area (Å²) < 4.78 is 0. The van der Waals surface area contributed by atoms with E-state index in [-0.39, 0.29) is 0 Å². The number of carbonyl (C=O) groups excluding carboxylic acids is 1. The maximum atomic E-state index is 13.5. The summed E-state index contributed by atoms with van der Waals surface area (Å²) in [6.07, 6.45) is 13.7. The Hall–Kier alpha value is -0.0400. The Morgan fingerprint density at radius 2 is 1.66 bits per heavy atom. The van der Waals surface area contributed by atoms with E-state index in [4.69, 9.17) is 11.6 Å². The van der Waals surface area contributed by atoms with Gasteiger partial charge in [-0.15, -0.1) is 11.6 Å². The van der Waals surface area contributed by atoms with Gasteiger partial charge in [-0.2, -0.15) is 0 Å². The van der Waals surface area contributed by atoms with Gasteiger partial charge in [0.25, 0.3) is 0 Å². The standard InChI is InChI=1S/C27H45ClO/c1-17(2)7-6-8-18(3)21-9-10-22-25-23(12-14-27(21,22)5)26(4)13-11-20(28)15-19(26)16-24(25)29/h17-23,25H,6-16H2,1-5H3/t18-,19-,20?,21?,22?,23?,25?,26?,27?/m1/s1. The van der Waals surface area contributed by atoms with E-state index < -0.39 is 0 Å². The molecule has 1 nitrogen and oxygen atoms in total. The first-order chi connectivity index (χ1) is 13.7. The number of halogens is 1. The number of rotatable bonds is 5. The number of alkyl halides is 1. The van der Waals surface area contributed by atoms with Crippen molar-refractivity contribution in [1.29, 1.82) is 0 Å². The largest absolute Gasteiger partial charge is 0.299 e. The molecule has 0 heterocycles. The predicted molar refractivity (Wildman–Crippen MR) is 123 cm³/mol.